The van der Waals surface area contributed by atoms with Crippen LogP contribution >= 0.6 is 11.6 Å². The summed E-state index contributed by atoms with van der Waals surface area (Å²) in [6, 6.07) is 2.13. The molecule has 106 valence electrons. The zero-order chi connectivity index (χ0) is 14.0. The van der Waals surface area contributed by atoms with E-state index in [1.165, 1.54) is 0 Å². The molecule has 2 heterocycles. The Bertz CT molecular complexity index is 435. The third-order valence-corrected chi connectivity index (χ3v) is 3.73. The van der Waals surface area contributed by atoms with Crippen molar-refractivity contribution in [3.05, 3.63) is 22.7 Å². The van der Waals surface area contributed by atoms with E-state index in [0.29, 0.717) is 11.1 Å². The van der Waals surface area contributed by atoms with Gasteiger partial charge in [0.05, 0.1) is 6.04 Å². The SMILES string of the molecule is CC(C)Cc1cc(Cl)nc(C2CN(C)CCN2C)n1. The predicted molar refractivity (Wildman–Crippen MR) is 78.5 cm³/mol. The van der Waals surface area contributed by atoms with Gasteiger partial charge in [-0.15, -0.1) is 0 Å². The quantitative estimate of drug-likeness (QED) is 0.796. The summed E-state index contributed by atoms with van der Waals surface area (Å²) < 4.78 is 0. The molecule has 0 radical (unpaired) electrons. The lowest BCUT2D eigenvalue weighted by atomic mass is 10.1. The molecule has 0 bridgehead atoms. The number of nitrogens with zero attached hydrogens (tertiary/aromatic N) is 4. The number of aromatic nitrogens is 2. The van der Waals surface area contributed by atoms with Crippen molar-refractivity contribution < 1.29 is 0 Å². The number of rotatable bonds is 3. The predicted octanol–water partition coefficient (Wildman–Crippen LogP) is 2.25. The van der Waals surface area contributed by atoms with E-state index in [9.17, 15) is 0 Å². The van der Waals surface area contributed by atoms with Crippen LogP contribution in [0.1, 0.15) is 31.4 Å². The van der Waals surface area contributed by atoms with Crippen LogP contribution in [-0.4, -0.2) is 53.5 Å². The van der Waals surface area contributed by atoms with Gasteiger partial charge in [-0.25, -0.2) is 9.97 Å². The third-order valence-electron chi connectivity index (χ3n) is 3.53. The molecular weight excluding hydrogens is 260 g/mol. The minimum absolute atomic E-state index is 0.239. The van der Waals surface area contributed by atoms with Gasteiger partial charge in [0.15, 0.2) is 0 Å². The highest BCUT2D eigenvalue weighted by atomic mass is 35.5. The fourth-order valence-corrected chi connectivity index (χ4v) is 2.66. The average molecular weight is 283 g/mol. The maximum atomic E-state index is 6.15. The van der Waals surface area contributed by atoms with E-state index in [-0.39, 0.29) is 6.04 Å². The maximum Gasteiger partial charge on any atom is 0.148 e. The Morgan fingerprint density at radius 3 is 2.74 bits per heavy atom. The zero-order valence-electron chi connectivity index (χ0n) is 12.2. The van der Waals surface area contributed by atoms with Gasteiger partial charge in [0.2, 0.25) is 0 Å². The van der Waals surface area contributed by atoms with Crippen LogP contribution in [0.4, 0.5) is 0 Å². The van der Waals surface area contributed by atoms with Gasteiger partial charge in [-0.3, -0.25) is 4.90 Å². The molecule has 1 atom stereocenters. The van der Waals surface area contributed by atoms with Gasteiger partial charge in [0.1, 0.15) is 11.0 Å². The molecule has 1 aromatic heterocycles. The summed E-state index contributed by atoms with van der Waals surface area (Å²) in [5.74, 6) is 1.43. The van der Waals surface area contributed by atoms with Crippen LogP contribution in [0, 0.1) is 5.92 Å². The summed E-state index contributed by atoms with van der Waals surface area (Å²) >= 11 is 6.15. The van der Waals surface area contributed by atoms with E-state index >= 15 is 0 Å². The minimum atomic E-state index is 0.239. The topological polar surface area (TPSA) is 32.3 Å². The van der Waals surface area contributed by atoms with Crippen molar-refractivity contribution >= 4 is 11.6 Å². The lowest BCUT2D eigenvalue weighted by molar-refractivity contribution is 0.109. The first-order valence-electron chi connectivity index (χ1n) is 6.88. The fraction of sp³-hybridized carbons (Fsp3) is 0.714. The van der Waals surface area contributed by atoms with Gasteiger partial charge in [0, 0.05) is 25.3 Å². The Morgan fingerprint density at radius 1 is 1.32 bits per heavy atom. The standard InChI is InChI=1S/C14H23ClN4/c1-10(2)7-11-8-13(15)17-14(16-11)12-9-18(3)5-6-19(12)4/h8,10,12H,5-7,9H2,1-4H3. The molecule has 0 aliphatic carbocycles. The molecule has 1 saturated heterocycles. The lowest BCUT2D eigenvalue weighted by Crippen LogP contribution is -2.45. The average Bonchev–Trinajstić information content (AvgIpc) is 2.30. The Kier molecular flexibility index (Phi) is 4.76. The zero-order valence-corrected chi connectivity index (χ0v) is 13.0. The number of hydrogen-bond acceptors (Lipinski definition) is 4. The molecule has 1 aromatic rings. The van der Waals surface area contributed by atoms with Crippen molar-refractivity contribution in [2.45, 2.75) is 26.3 Å². The Labute approximate surface area is 120 Å². The van der Waals surface area contributed by atoms with Crippen LogP contribution in [0.3, 0.4) is 0 Å². The smallest absolute Gasteiger partial charge is 0.148 e. The van der Waals surface area contributed by atoms with Crippen molar-refractivity contribution in [3.63, 3.8) is 0 Å². The molecule has 0 aromatic carbocycles. The van der Waals surface area contributed by atoms with Crippen molar-refractivity contribution in [2.75, 3.05) is 33.7 Å². The second-order valence-corrected chi connectivity index (χ2v) is 6.28. The van der Waals surface area contributed by atoms with E-state index in [2.05, 4.69) is 42.7 Å². The normalized spacial score (nSPS) is 22.1. The highest BCUT2D eigenvalue weighted by molar-refractivity contribution is 6.29. The largest absolute Gasteiger partial charge is 0.303 e. The molecule has 1 aliphatic heterocycles. The van der Waals surface area contributed by atoms with E-state index in [0.717, 1.165) is 37.6 Å². The van der Waals surface area contributed by atoms with Crippen LogP contribution < -0.4 is 0 Å². The van der Waals surface area contributed by atoms with Gasteiger partial charge in [-0.05, 0) is 32.5 Å². The molecule has 5 heteroatoms. The highest BCUT2D eigenvalue weighted by Gasteiger charge is 2.26. The molecule has 1 aliphatic rings. The molecule has 4 nitrogen and oxygen atoms in total. The summed E-state index contributed by atoms with van der Waals surface area (Å²) in [5.41, 5.74) is 1.05. The van der Waals surface area contributed by atoms with Crippen LogP contribution in [-0.2, 0) is 6.42 Å². The molecule has 0 amide bonds. The van der Waals surface area contributed by atoms with E-state index in [4.69, 9.17) is 16.6 Å². The Morgan fingerprint density at radius 2 is 2.05 bits per heavy atom. The summed E-state index contributed by atoms with van der Waals surface area (Å²) in [5, 5.41) is 0.558. The molecule has 1 fully saturated rings. The summed E-state index contributed by atoms with van der Waals surface area (Å²) in [6.07, 6.45) is 0.946. The number of likely N-dealkylation sites (N-methyl/N-ethyl adjacent to an activating group) is 2. The summed E-state index contributed by atoms with van der Waals surface area (Å²) in [6.45, 7) is 7.47. The third kappa shape index (κ3) is 3.88. The van der Waals surface area contributed by atoms with Crippen LogP contribution in [0.5, 0.6) is 0 Å². The van der Waals surface area contributed by atoms with Gasteiger partial charge in [-0.2, -0.15) is 0 Å². The molecule has 0 N–H and O–H groups in total. The Hall–Kier alpha value is -0.710. The lowest BCUT2D eigenvalue weighted by Gasteiger charge is -2.36. The maximum absolute atomic E-state index is 6.15. The van der Waals surface area contributed by atoms with Crippen molar-refractivity contribution in [2.24, 2.45) is 5.92 Å². The monoisotopic (exact) mass is 282 g/mol. The van der Waals surface area contributed by atoms with Crippen molar-refractivity contribution in [3.8, 4) is 0 Å². The van der Waals surface area contributed by atoms with Gasteiger partial charge >= 0.3 is 0 Å². The fourth-order valence-electron chi connectivity index (χ4n) is 2.44. The first-order chi connectivity index (χ1) is 8.95. The summed E-state index contributed by atoms with van der Waals surface area (Å²) in [4.78, 5) is 13.8. The van der Waals surface area contributed by atoms with Crippen molar-refractivity contribution in [1.82, 2.24) is 19.8 Å². The van der Waals surface area contributed by atoms with Gasteiger partial charge < -0.3 is 4.90 Å². The highest BCUT2D eigenvalue weighted by Crippen LogP contribution is 2.22. The second-order valence-electron chi connectivity index (χ2n) is 5.90. The molecule has 19 heavy (non-hydrogen) atoms. The van der Waals surface area contributed by atoms with Gasteiger partial charge in [0.25, 0.3) is 0 Å². The first kappa shape index (κ1) is 14.7. The molecular formula is C14H23ClN4. The van der Waals surface area contributed by atoms with Gasteiger partial charge in [-0.1, -0.05) is 25.4 Å². The first-order valence-corrected chi connectivity index (χ1v) is 7.25. The van der Waals surface area contributed by atoms with Crippen LogP contribution in [0.25, 0.3) is 0 Å². The molecule has 2 rings (SSSR count). The number of halogens is 1. The number of piperazine rings is 1. The summed E-state index contributed by atoms with van der Waals surface area (Å²) in [7, 11) is 4.27. The van der Waals surface area contributed by atoms with Crippen LogP contribution in [0.15, 0.2) is 6.07 Å². The molecule has 0 saturated carbocycles. The van der Waals surface area contributed by atoms with Crippen LogP contribution in [0.2, 0.25) is 5.15 Å². The Balaban J connectivity index is 2.25. The van der Waals surface area contributed by atoms with E-state index < -0.39 is 0 Å². The van der Waals surface area contributed by atoms with Crippen molar-refractivity contribution in [1.29, 1.82) is 0 Å². The van der Waals surface area contributed by atoms with E-state index in [1.54, 1.807) is 0 Å². The minimum Gasteiger partial charge on any atom is -0.303 e. The molecule has 1 unspecified atom stereocenters. The molecule has 0 spiro atoms. The van der Waals surface area contributed by atoms with E-state index in [1.807, 2.05) is 6.07 Å². The number of hydrogen-bond donors (Lipinski definition) is 0. The second kappa shape index (κ2) is 6.16.